The summed E-state index contributed by atoms with van der Waals surface area (Å²) in [5, 5.41) is 0. The maximum Gasteiger partial charge on any atom is 0.147 e. The number of rotatable bonds is 3. The highest BCUT2D eigenvalue weighted by Crippen LogP contribution is 2.28. The fourth-order valence-electron chi connectivity index (χ4n) is 1.97. The molecule has 1 saturated carbocycles. The van der Waals surface area contributed by atoms with E-state index < -0.39 is 0 Å². The van der Waals surface area contributed by atoms with Gasteiger partial charge in [0.1, 0.15) is 6.29 Å². The lowest BCUT2D eigenvalue weighted by molar-refractivity contribution is -0.105. The number of hydrogen-bond acceptors (Lipinski definition) is 2. The summed E-state index contributed by atoms with van der Waals surface area (Å²) in [6.07, 6.45) is 9.27. The van der Waals surface area contributed by atoms with E-state index in [0.717, 1.165) is 11.9 Å². The van der Waals surface area contributed by atoms with Gasteiger partial charge in [0.15, 0.2) is 0 Å². The molecular formula is C11H19NO. The molecule has 0 radical (unpaired) electrons. The Morgan fingerprint density at radius 3 is 2.31 bits per heavy atom. The lowest BCUT2D eigenvalue weighted by Gasteiger charge is -2.22. The molecule has 0 aromatic rings. The molecule has 0 aliphatic heterocycles. The van der Waals surface area contributed by atoms with Crippen molar-refractivity contribution in [3.63, 3.8) is 0 Å². The second kappa shape index (κ2) is 5.05. The second-order valence-electron chi connectivity index (χ2n) is 4.05. The monoisotopic (exact) mass is 181 g/mol. The molecule has 1 aliphatic rings. The molecule has 0 amide bonds. The van der Waals surface area contributed by atoms with Crippen LogP contribution in [0, 0.1) is 5.92 Å². The predicted molar refractivity (Wildman–Crippen MR) is 54.4 cm³/mol. The van der Waals surface area contributed by atoms with Crippen LogP contribution >= 0.6 is 0 Å². The Bertz CT molecular complexity index is 190. The summed E-state index contributed by atoms with van der Waals surface area (Å²) >= 11 is 0. The maximum absolute atomic E-state index is 10.8. The number of allylic oxidation sites excluding steroid dienone is 1. The van der Waals surface area contributed by atoms with Crippen molar-refractivity contribution >= 4 is 6.29 Å². The largest absolute Gasteiger partial charge is 0.383 e. The van der Waals surface area contributed by atoms with Crippen LogP contribution < -0.4 is 0 Å². The van der Waals surface area contributed by atoms with Crippen molar-refractivity contribution in [1.82, 2.24) is 4.90 Å². The molecule has 0 aromatic heterocycles. The minimum Gasteiger partial charge on any atom is -0.383 e. The third-order valence-corrected chi connectivity index (χ3v) is 2.62. The van der Waals surface area contributed by atoms with Gasteiger partial charge >= 0.3 is 0 Å². The lowest BCUT2D eigenvalue weighted by atomic mass is 9.84. The number of carbonyl (C=O) groups is 1. The van der Waals surface area contributed by atoms with Gasteiger partial charge in [-0.3, -0.25) is 4.79 Å². The molecule has 0 spiro atoms. The summed E-state index contributed by atoms with van der Waals surface area (Å²) in [6.45, 7) is 0. The highest BCUT2D eigenvalue weighted by molar-refractivity contribution is 5.73. The predicted octanol–water partition coefficient (Wildman–Crippen LogP) is 2.21. The minimum absolute atomic E-state index is 0.522. The van der Waals surface area contributed by atoms with E-state index in [1.165, 1.54) is 32.1 Å². The first kappa shape index (κ1) is 10.3. The average Bonchev–Trinajstić information content (AvgIpc) is 2.15. The summed E-state index contributed by atoms with van der Waals surface area (Å²) in [5.41, 5.74) is 0.977. The van der Waals surface area contributed by atoms with Crippen molar-refractivity contribution in [2.24, 2.45) is 5.92 Å². The number of carbonyl (C=O) groups excluding carboxylic acids is 1. The Hall–Kier alpha value is -0.790. The minimum atomic E-state index is 0.522. The first-order chi connectivity index (χ1) is 6.24. The fraction of sp³-hybridized carbons (Fsp3) is 0.727. The van der Waals surface area contributed by atoms with Crippen molar-refractivity contribution in [1.29, 1.82) is 0 Å². The van der Waals surface area contributed by atoms with Gasteiger partial charge in [-0.2, -0.15) is 0 Å². The van der Waals surface area contributed by atoms with E-state index in [4.69, 9.17) is 0 Å². The molecule has 74 valence electrons. The molecule has 1 fully saturated rings. The first-order valence-electron chi connectivity index (χ1n) is 5.07. The Balaban J connectivity index is 2.58. The fourth-order valence-corrected chi connectivity index (χ4v) is 1.97. The lowest BCUT2D eigenvalue weighted by Crippen LogP contribution is -2.13. The van der Waals surface area contributed by atoms with Gasteiger partial charge in [-0.05, 0) is 18.8 Å². The SMILES string of the molecule is CN(C)/C=C(\C=O)C1CCCCC1. The van der Waals surface area contributed by atoms with Crippen LogP contribution in [0.15, 0.2) is 11.8 Å². The van der Waals surface area contributed by atoms with Crippen molar-refractivity contribution in [3.8, 4) is 0 Å². The standard InChI is InChI=1S/C11H19NO/c1-12(2)8-11(9-13)10-6-4-3-5-7-10/h8-10H,3-7H2,1-2H3/b11-8+. The molecule has 0 N–H and O–H groups in total. The molecule has 13 heavy (non-hydrogen) atoms. The van der Waals surface area contributed by atoms with E-state index in [-0.39, 0.29) is 0 Å². The van der Waals surface area contributed by atoms with Gasteiger partial charge < -0.3 is 4.90 Å². The highest BCUT2D eigenvalue weighted by atomic mass is 16.1. The number of nitrogens with zero attached hydrogens (tertiary/aromatic N) is 1. The van der Waals surface area contributed by atoms with Crippen LogP contribution in [-0.4, -0.2) is 25.3 Å². The third kappa shape index (κ3) is 3.21. The summed E-state index contributed by atoms with van der Waals surface area (Å²) < 4.78 is 0. The zero-order valence-corrected chi connectivity index (χ0v) is 8.62. The molecule has 0 unspecified atom stereocenters. The molecule has 0 aromatic carbocycles. The number of hydrogen-bond donors (Lipinski definition) is 0. The topological polar surface area (TPSA) is 20.3 Å². The molecule has 2 heteroatoms. The molecule has 0 bridgehead atoms. The second-order valence-corrected chi connectivity index (χ2v) is 4.05. The summed E-state index contributed by atoms with van der Waals surface area (Å²) in [4.78, 5) is 12.8. The van der Waals surface area contributed by atoms with Crippen molar-refractivity contribution < 1.29 is 4.79 Å². The quantitative estimate of drug-likeness (QED) is 0.491. The van der Waals surface area contributed by atoms with E-state index in [2.05, 4.69) is 0 Å². The zero-order valence-electron chi connectivity index (χ0n) is 8.62. The number of aldehydes is 1. The molecule has 1 rings (SSSR count). The van der Waals surface area contributed by atoms with Crippen molar-refractivity contribution in [2.75, 3.05) is 14.1 Å². The van der Waals surface area contributed by atoms with E-state index in [1.54, 1.807) is 0 Å². The van der Waals surface area contributed by atoms with E-state index >= 15 is 0 Å². The molecule has 0 saturated heterocycles. The van der Waals surface area contributed by atoms with Crippen LogP contribution in [0.5, 0.6) is 0 Å². The van der Waals surface area contributed by atoms with Crippen LogP contribution in [0.25, 0.3) is 0 Å². The van der Waals surface area contributed by atoms with Gasteiger partial charge in [0.25, 0.3) is 0 Å². The third-order valence-electron chi connectivity index (χ3n) is 2.62. The van der Waals surface area contributed by atoms with Gasteiger partial charge in [0, 0.05) is 25.9 Å². The van der Waals surface area contributed by atoms with Crippen LogP contribution in [0.4, 0.5) is 0 Å². The van der Waals surface area contributed by atoms with Crippen LogP contribution in [-0.2, 0) is 4.79 Å². The van der Waals surface area contributed by atoms with Gasteiger partial charge in [-0.1, -0.05) is 19.3 Å². The Morgan fingerprint density at radius 1 is 1.23 bits per heavy atom. The Morgan fingerprint density at radius 2 is 1.85 bits per heavy atom. The van der Waals surface area contributed by atoms with E-state index in [1.807, 2.05) is 25.2 Å². The Labute approximate surface area is 80.6 Å². The maximum atomic E-state index is 10.8. The molecule has 1 aliphatic carbocycles. The van der Waals surface area contributed by atoms with E-state index in [9.17, 15) is 4.79 Å². The summed E-state index contributed by atoms with van der Waals surface area (Å²) in [5.74, 6) is 0.522. The van der Waals surface area contributed by atoms with Gasteiger partial charge in [0.05, 0.1) is 0 Å². The van der Waals surface area contributed by atoms with Crippen LogP contribution in [0.3, 0.4) is 0 Å². The highest BCUT2D eigenvalue weighted by Gasteiger charge is 2.17. The van der Waals surface area contributed by atoms with Crippen molar-refractivity contribution in [3.05, 3.63) is 11.8 Å². The average molecular weight is 181 g/mol. The first-order valence-corrected chi connectivity index (χ1v) is 5.07. The van der Waals surface area contributed by atoms with Crippen molar-refractivity contribution in [2.45, 2.75) is 32.1 Å². The summed E-state index contributed by atoms with van der Waals surface area (Å²) in [7, 11) is 3.93. The van der Waals surface area contributed by atoms with Gasteiger partial charge in [0.2, 0.25) is 0 Å². The van der Waals surface area contributed by atoms with E-state index in [0.29, 0.717) is 5.92 Å². The molecule has 0 atom stereocenters. The van der Waals surface area contributed by atoms with Crippen LogP contribution in [0.2, 0.25) is 0 Å². The molecule has 0 heterocycles. The molecular weight excluding hydrogens is 162 g/mol. The summed E-state index contributed by atoms with van der Waals surface area (Å²) in [6, 6.07) is 0. The smallest absolute Gasteiger partial charge is 0.147 e. The van der Waals surface area contributed by atoms with Crippen LogP contribution in [0.1, 0.15) is 32.1 Å². The van der Waals surface area contributed by atoms with Gasteiger partial charge in [-0.25, -0.2) is 0 Å². The zero-order chi connectivity index (χ0) is 9.68. The molecule has 2 nitrogen and oxygen atoms in total. The normalized spacial score (nSPS) is 20.0. The van der Waals surface area contributed by atoms with Gasteiger partial charge in [-0.15, -0.1) is 0 Å². The Kier molecular flexibility index (Phi) is 4.00.